The van der Waals surface area contributed by atoms with Gasteiger partial charge in [0.25, 0.3) is 0 Å². The lowest BCUT2D eigenvalue weighted by molar-refractivity contribution is 0.827. The van der Waals surface area contributed by atoms with Crippen LogP contribution in [0.25, 0.3) is 0 Å². The second-order valence-electron chi connectivity index (χ2n) is 4.27. The Morgan fingerprint density at radius 3 is 2.36 bits per heavy atom. The lowest BCUT2D eigenvalue weighted by Gasteiger charge is -2.12. The van der Waals surface area contributed by atoms with E-state index < -0.39 is 0 Å². The van der Waals surface area contributed by atoms with Crippen LogP contribution in [0.4, 0.5) is 0 Å². The van der Waals surface area contributed by atoms with Gasteiger partial charge in [-0.2, -0.15) is 0 Å². The van der Waals surface area contributed by atoms with Gasteiger partial charge in [-0.25, -0.2) is 0 Å². The van der Waals surface area contributed by atoms with Gasteiger partial charge in [0.2, 0.25) is 0 Å². The molecule has 0 aromatic heterocycles. The van der Waals surface area contributed by atoms with Gasteiger partial charge in [0.05, 0.1) is 0 Å². The molecule has 2 rings (SSSR count). The molecule has 0 amide bonds. The predicted octanol–water partition coefficient (Wildman–Crippen LogP) is 3.98. The van der Waals surface area contributed by atoms with Crippen molar-refractivity contribution in [3.63, 3.8) is 0 Å². The van der Waals surface area contributed by atoms with Gasteiger partial charge in [-0.1, -0.05) is 24.6 Å². The summed E-state index contributed by atoms with van der Waals surface area (Å²) < 4.78 is 0. The van der Waals surface area contributed by atoms with Gasteiger partial charge in [0, 0.05) is 5.92 Å². The van der Waals surface area contributed by atoms with E-state index in [0.717, 1.165) is 6.42 Å². The number of rotatable bonds is 1. The first-order chi connectivity index (χ1) is 6.63. The first-order valence-electron chi connectivity index (χ1n) is 5.29. The zero-order valence-electron chi connectivity index (χ0n) is 9.44. The highest BCUT2D eigenvalue weighted by molar-refractivity contribution is 5.57. The first-order valence-corrected chi connectivity index (χ1v) is 5.29. The monoisotopic (exact) mass is 185 g/mol. The number of hydrogen-bond acceptors (Lipinski definition) is 0. The van der Waals surface area contributed by atoms with E-state index in [2.05, 4.69) is 45.9 Å². The van der Waals surface area contributed by atoms with Crippen LogP contribution in [0.15, 0.2) is 40.0 Å². The van der Waals surface area contributed by atoms with E-state index >= 15 is 0 Å². The van der Waals surface area contributed by atoms with Gasteiger partial charge in [-0.05, 0) is 55.6 Å². The summed E-state index contributed by atoms with van der Waals surface area (Å²) in [5.74, 6) is 0.584. The minimum absolute atomic E-state index is 0.584. The molecule has 0 nitrogen and oxygen atoms in total. The van der Waals surface area contributed by atoms with Crippen LogP contribution in [0.1, 0.15) is 34.1 Å². The third-order valence-electron chi connectivity index (χ3n) is 3.63. The molecule has 73 valence electrons. The third kappa shape index (κ3) is 1.21. The Morgan fingerprint density at radius 2 is 1.93 bits per heavy atom. The third-order valence-corrected chi connectivity index (χ3v) is 3.63. The second-order valence-corrected chi connectivity index (χ2v) is 4.27. The zero-order chi connectivity index (χ0) is 10.3. The van der Waals surface area contributed by atoms with Crippen LogP contribution >= 0.6 is 0 Å². The summed E-state index contributed by atoms with van der Waals surface area (Å²) in [5, 5.41) is 0. The van der Waals surface area contributed by atoms with Crippen LogP contribution in [-0.4, -0.2) is 0 Å². The quantitative estimate of drug-likeness (QED) is 0.579. The van der Waals surface area contributed by atoms with Crippen LogP contribution < -0.4 is 0 Å². The Kier molecular flexibility index (Phi) is 2.22. The molecule has 2 aliphatic carbocycles. The van der Waals surface area contributed by atoms with Gasteiger partial charge in [0.15, 0.2) is 0 Å². The fraction of sp³-hybridized carbons (Fsp3) is 0.429. The molecule has 0 heterocycles. The summed E-state index contributed by atoms with van der Waals surface area (Å²) in [5.41, 5.74) is 7.28. The van der Waals surface area contributed by atoms with Crippen LogP contribution in [0.3, 0.4) is 0 Å². The smallest absolute Gasteiger partial charge is 0.00316 e. The lowest BCUT2D eigenvalue weighted by atomic mass is 9.92. The van der Waals surface area contributed by atoms with E-state index in [9.17, 15) is 0 Å². The molecule has 0 aromatic carbocycles. The molecule has 0 aromatic rings. The van der Waals surface area contributed by atoms with Crippen molar-refractivity contribution in [2.45, 2.75) is 34.1 Å². The molecular weight excluding hydrogens is 168 g/mol. The molecule has 2 aliphatic rings. The molecule has 0 saturated carbocycles. The minimum atomic E-state index is 0.584. The molecule has 0 N–H and O–H groups in total. The van der Waals surface area contributed by atoms with E-state index in [0.29, 0.717) is 5.92 Å². The highest BCUT2D eigenvalue weighted by atomic mass is 14.3. The normalized spacial score (nSPS) is 26.6. The maximum atomic E-state index is 3.42. The summed E-state index contributed by atoms with van der Waals surface area (Å²) in [6.07, 6.45) is 8.80. The van der Waals surface area contributed by atoms with E-state index in [1.165, 1.54) is 27.9 Å². The molecule has 14 heavy (non-hydrogen) atoms. The molecule has 1 radical (unpaired) electrons. The van der Waals surface area contributed by atoms with Gasteiger partial charge in [0.1, 0.15) is 0 Å². The van der Waals surface area contributed by atoms with Crippen molar-refractivity contribution in [2.75, 3.05) is 0 Å². The van der Waals surface area contributed by atoms with Crippen molar-refractivity contribution in [2.24, 2.45) is 5.92 Å². The van der Waals surface area contributed by atoms with Crippen LogP contribution in [0, 0.1) is 12.0 Å². The highest BCUT2D eigenvalue weighted by Gasteiger charge is 2.25. The zero-order valence-corrected chi connectivity index (χ0v) is 9.44. The average Bonchev–Trinajstić information content (AvgIpc) is 2.73. The summed E-state index contributed by atoms with van der Waals surface area (Å²) in [4.78, 5) is 0. The van der Waals surface area contributed by atoms with Crippen molar-refractivity contribution < 1.29 is 0 Å². The highest BCUT2D eigenvalue weighted by Crippen LogP contribution is 2.41. The van der Waals surface area contributed by atoms with Crippen molar-refractivity contribution >= 4 is 0 Å². The predicted molar refractivity (Wildman–Crippen MR) is 60.8 cm³/mol. The minimum Gasteiger partial charge on any atom is -0.0795 e. The summed E-state index contributed by atoms with van der Waals surface area (Å²) in [6.45, 7) is 9.01. The van der Waals surface area contributed by atoms with E-state index in [-0.39, 0.29) is 0 Å². The fourth-order valence-corrected chi connectivity index (χ4v) is 2.39. The Bertz CT molecular complexity index is 386. The molecule has 1 atom stereocenters. The topological polar surface area (TPSA) is 0 Å². The van der Waals surface area contributed by atoms with Gasteiger partial charge in [-0.15, -0.1) is 0 Å². The molecule has 0 heteroatoms. The van der Waals surface area contributed by atoms with E-state index in [1.54, 1.807) is 0 Å². The van der Waals surface area contributed by atoms with Crippen molar-refractivity contribution in [3.05, 3.63) is 46.1 Å². The van der Waals surface area contributed by atoms with Crippen molar-refractivity contribution in [1.82, 2.24) is 0 Å². The standard InChI is InChI=1S/C14H17/c1-9-10(2)12(4)14(11(9)3)13-7-5-6-8-13/h5,7,11H,6H2,1-4H3. The molecular formula is C14H17. The van der Waals surface area contributed by atoms with Crippen molar-refractivity contribution in [3.8, 4) is 0 Å². The number of allylic oxidation sites excluding steroid dienone is 8. The summed E-state index contributed by atoms with van der Waals surface area (Å²) >= 11 is 0. The molecule has 0 aliphatic heterocycles. The maximum absolute atomic E-state index is 3.42. The first kappa shape index (κ1) is 9.51. The van der Waals surface area contributed by atoms with Gasteiger partial charge >= 0.3 is 0 Å². The van der Waals surface area contributed by atoms with E-state index in [4.69, 9.17) is 0 Å². The van der Waals surface area contributed by atoms with Crippen LogP contribution in [-0.2, 0) is 0 Å². The fourth-order valence-electron chi connectivity index (χ4n) is 2.39. The van der Waals surface area contributed by atoms with Gasteiger partial charge in [-0.3, -0.25) is 0 Å². The lowest BCUT2D eigenvalue weighted by Crippen LogP contribution is -1.98. The van der Waals surface area contributed by atoms with E-state index in [1.807, 2.05) is 0 Å². The Balaban J connectivity index is 2.44. The van der Waals surface area contributed by atoms with Crippen molar-refractivity contribution in [1.29, 1.82) is 0 Å². The Labute approximate surface area is 86.7 Å². The van der Waals surface area contributed by atoms with Crippen LogP contribution in [0.5, 0.6) is 0 Å². The molecule has 0 fully saturated rings. The SMILES string of the molecule is CC1=C(C)C(C)C(C2=[C]CC=C2)=C1C. The molecule has 1 unspecified atom stereocenters. The molecule has 0 saturated heterocycles. The van der Waals surface area contributed by atoms with Crippen LogP contribution in [0.2, 0.25) is 0 Å². The number of hydrogen-bond donors (Lipinski definition) is 0. The average molecular weight is 185 g/mol. The second kappa shape index (κ2) is 3.27. The van der Waals surface area contributed by atoms with Gasteiger partial charge < -0.3 is 0 Å². The largest absolute Gasteiger partial charge is 0.0795 e. The maximum Gasteiger partial charge on any atom is 0.00316 e. The summed E-state index contributed by atoms with van der Waals surface area (Å²) in [7, 11) is 0. The Morgan fingerprint density at radius 1 is 1.21 bits per heavy atom. The molecule has 0 bridgehead atoms. The Hall–Kier alpha value is -1.04. The summed E-state index contributed by atoms with van der Waals surface area (Å²) in [6, 6.07) is 0. The molecule has 0 spiro atoms.